The topological polar surface area (TPSA) is 85.8 Å². The molecule has 1 aliphatic heterocycles. The molecule has 2 heterocycles. The fourth-order valence-electron chi connectivity index (χ4n) is 2.24. The van der Waals surface area contributed by atoms with Crippen LogP contribution in [0, 0.1) is 6.92 Å². The number of aryl methyl sites for hydroxylation is 1. The van der Waals surface area contributed by atoms with Crippen LogP contribution < -0.4 is 5.32 Å². The summed E-state index contributed by atoms with van der Waals surface area (Å²) in [6.45, 7) is 5.25. The molecule has 1 aromatic rings. The summed E-state index contributed by atoms with van der Waals surface area (Å²) in [4.78, 5) is 31.5. The van der Waals surface area contributed by atoms with Crippen LogP contribution in [0.4, 0.5) is 4.79 Å². The van der Waals surface area contributed by atoms with Gasteiger partial charge in [-0.3, -0.25) is 0 Å². The molecule has 0 saturated carbocycles. The van der Waals surface area contributed by atoms with Crippen molar-refractivity contribution in [3.63, 3.8) is 0 Å². The summed E-state index contributed by atoms with van der Waals surface area (Å²) in [6.07, 6.45) is 0.962. The SMILES string of the molecule is Cc1nc(CNC(=O)N2CCCN(C)CC2)sc1C(=O)O. The van der Waals surface area contributed by atoms with Crippen molar-refractivity contribution < 1.29 is 14.7 Å². The number of thiazole rings is 1. The number of aromatic nitrogens is 1. The fourth-order valence-corrected chi connectivity index (χ4v) is 3.08. The van der Waals surface area contributed by atoms with Gasteiger partial charge in [0.05, 0.1) is 12.2 Å². The van der Waals surface area contributed by atoms with Gasteiger partial charge in [-0.15, -0.1) is 11.3 Å². The Morgan fingerprint density at radius 3 is 2.76 bits per heavy atom. The molecule has 0 aliphatic carbocycles. The highest BCUT2D eigenvalue weighted by Gasteiger charge is 2.18. The summed E-state index contributed by atoms with van der Waals surface area (Å²) >= 11 is 1.11. The molecule has 7 nitrogen and oxygen atoms in total. The Labute approximate surface area is 127 Å². The number of nitrogens with zero attached hydrogens (tertiary/aromatic N) is 3. The van der Waals surface area contributed by atoms with Crippen molar-refractivity contribution in [1.29, 1.82) is 0 Å². The van der Waals surface area contributed by atoms with Gasteiger partial charge in [-0.1, -0.05) is 0 Å². The number of carboxylic acids is 1. The Hall–Kier alpha value is -1.67. The average Bonchev–Trinajstić information content (AvgIpc) is 2.66. The molecule has 2 N–H and O–H groups in total. The number of urea groups is 1. The molecule has 0 bridgehead atoms. The van der Waals surface area contributed by atoms with Gasteiger partial charge in [-0.2, -0.15) is 0 Å². The lowest BCUT2D eigenvalue weighted by Gasteiger charge is -2.20. The van der Waals surface area contributed by atoms with E-state index >= 15 is 0 Å². The number of carbonyl (C=O) groups excluding carboxylic acids is 1. The first-order valence-electron chi connectivity index (χ1n) is 6.88. The number of aromatic carboxylic acids is 1. The molecule has 116 valence electrons. The smallest absolute Gasteiger partial charge is 0.347 e. The van der Waals surface area contributed by atoms with Crippen LogP contribution in [-0.2, 0) is 6.54 Å². The van der Waals surface area contributed by atoms with Crippen LogP contribution in [0.15, 0.2) is 0 Å². The summed E-state index contributed by atoms with van der Waals surface area (Å²) in [7, 11) is 2.05. The summed E-state index contributed by atoms with van der Waals surface area (Å²) < 4.78 is 0. The van der Waals surface area contributed by atoms with Crippen molar-refractivity contribution in [3.05, 3.63) is 15.6 Å². The van der Waals surface area contributed by atoms with Gasteiger partial charge in [-0.25, -0.2) is 14.6 Å². The second-order valence-corrected chi connectivity index (χ2v) is 6.21. The van der Waals surface area contributed by atoms with Gasteiger partial charge in [0.1, 0.15) is 9.88 Å². The van der Waals surface area contributed by atoms with E-state index in [0.29, 0.717) is 17.2 Å². The quantitative estimate of drug-likeness (QED) is 0.869. The van der Waals surface area contributed by atoms with Gasteiger partial charge >= 0.3 is 12.0 Å². The Morgan fingerprint density at radius 2 is 2.10 bits per heavy atom. The standard InChI is InChI=1S/C13H20N4O3S/c1-9-11(12(18)19)21-10(15-9)8-14-13(20)17-5-3-4-16(2)6-7-17/h3-8H2,1-2H3,(H,14,20)(H,18,19). The molecule has 8 heteroatoms. The first-order valence-corrected chi connectivity index (χ1v) is 7.70. The van der Waals surface area contributed by atoms with Crippen LogP contribution >= 0.6 is 11.3 Å². The van der Waals surface area contributed by atoms with Crippen molar-refractivity contribution in [3.8, 4) is 0 Å². The third kappa shape index (κ3) is 4.15. The van der Waals surface area contributed by atoms with Gasteiger partial charge < -0.3 is 20.2 Å². The summed E-state index contributed by atoms with van der Waals surface area (Å²) in [5.41, 5.74) is 0.494. The highest BCUT2D eigenvalue weighted by atomic mass is 32.1. The van der Waals surface area contributed by atoms with Crippen molar-refractivity contribution >= 4 is 23.3 Å². The van der Waals surface area contributed by atoms with Crippen LogP contribution in [0.25, 0.3) is 0 Å². The second kappa shape index (κ2) is 6.86. The van der Waals surface area contributed by atoms with Crippen LogP contribution in [-0.4, -0.2) is 65.1 Å². The molecular formula is C13H20N4O3S. The molecule has 1 saturated heterocycles. The van der Waals surface area contributed by atoms with Crippen molar-refractivity contribution in [2.75, 3.05) is 33.2 Å². The first kappa shape index (κ1) is 15.7. The van der Waals surface area contributed by atoms with Crippen LogP contribution in [0.3, 0.4) is 0 Å². The number of likely N-dealkylation sites (N-methyl/N-ethyl adjacent to an activating group) is 1. The van der Waals surface area contributed by atoms with Gasteiger partial charge in [0.15, 0.2) is 0 Å². The minimum atomic E-state index is -0.974. The molecule has 1 aliphatic rings. The van der Waals surface area contributed by atoms with Crippen LogP contribution in [0.2, 0.25) is 0 Å². The van der Waals surface area contributed by atoms with Crippen molar-refractivity contribution in [1.82, 2.24) is 20.1 Å². The van der Waals surface area contributed by atoms with E-state index in [9.17, 15) is 9.59 Å². The highest BCUT2D eigenvalue weighted by molar-refractivity contribution is 7.13. The van der Waals surface area contributed by atoms with E-state index in [0.717, 1.165) is 37.4 Å². The zero-order chi connectivity index (χ0) is 15.4. The maximum atomic E-state index is 12.1. The second-order valence-electron chi connectivity index (χ2n) is 5.13. The molecule has 1 fully saturated rings. The third-order valence-electron chi connectivity index (χ3n) is 3.43. The molecule has 0 spiro atoms. The Balaban J connectivity index is 1.88. The molecule has 0 aromatic carbocycles. The largest absolute Gasteiger partial charge is 0.477 e. The number of amides is 2. The maximum Gasteiger partial charge on any atom is 0.347 e. The van der Waals surface area contributed by atoms with E-state index in [1.165, 1.54) is 0 Å². The highest BCUT2D eigenvalue weighted by Crippen LogP contribution is 2.17. The maximum absolute atomic E-state index is 12.1. The number of nitrogens with one attached hydrogen (secondary N) is 1. The number of carbonyl (C=O) groups is 2. The van der Waals surface area contributed by atoms with Gasteiger partial charge in [0.2, 0.25) is 0 Å². The number of rotatable bonds is 3. The van der Waals surface area contributed by atoms with Crippen LogP contribution in [0.5, 0.6) is 0 Å². The summed E-state index contributed by atoms with van der Waals surface area (Å²) in [5.74, 6) is -0.974. The summed E-state index contributed by atoms with van der Waals surface area (Å²) in [6, 6.07) is -0.116. The fraction of sp³-hybridized carbons (Fsp3) is 0.615. The van der Waals surface area contributed by atoms with E-state index in [1.807, 2.05) is 7.05 Å². The lowest BCUT2D eigenvalue weighted by Crippen LogP contribution is -2.41. The van der Waals surface area contributed by atoms with Crippen molar-refractivity contribution in [2.45, 2.75) is 19.9 Å². The predicted molar refractivity (Wildman–Crippen MR) is 79.7 cm³/mol. The monoisotopic (exact) mass is 312 g/mol. The summed E-state index contributed by atoms with van der Waals surface area (Å²) in [5, 5.41) is 12.4. The molecule has 21 heavy (non-hydrogen) atoms. The van der Waals surface area contributed by atoms with E-state index in [1.54, 1.807) is 11.8 Å². The number of hydrogen-bond donors (Lipinski definition) is 2. The average molecular weight is 312 g/mol. The number of hydrogen-bond acceptors (Lipinski definition) is 5. The molecule has 0 atom stereocenters. The molecule has 1 aromatic heterocycles. The van der Waals surface area contributed by atoms with E-state index in [2.05, 4.69) is 15.2 Å². The Bertz CT molecular complexity index is 531. The van der Waals surface area contributed by atoms with E-state index in [4.69, 9.17) is 5.11 Å². The molecular weight excluding hydrogens is 292 g/mol. The zero-order valence-electron chi connectivity index (χ0n) is 12.3. The lowest BCUT2D eigenvalue weighted by atomic mass is 10.4. The molecule has 2 amide bonds. The third-order valence-corrected chi connectivity index (χ3v) is 4.58. The predicted octanol–water partition coefficient (Wildman–Crippen LogP) is 0.997. The molecule has 2 rings (SSSR count). The molecule has 0 radical (unpaired) electrons. The van der Waals surface area contributed by atoms with E-state index < -0.39 is 5.97 Å². The first-order chi connectivity index (χ1) is 9.97. The van der Waals surface area contributed by atoms with Gasteiger partial charge in [-0.05, 0) is 26.9 Å². The van der Waals surface area contributed by atoms with Crippen LogP contribution in [0.1, 0.15) is 26.8 Å². The van der Waals surface area contributed by atoms with E-state index in [-0.39, 0.29) is 17.5 Å². The molecule has 0 unspecified atom stereocenters. The Morgan fingerprint density at radius 1 is 1.33 bits per heavy atom. The minimum absolute atomic E-state index is 0.116. The minimum Gasteiger partial charge on any atom is -0.477 e. The van der Waals surface area contributed by atoms with Gasteiger partial charge in [0, 0.05) is 19.6 Å². The Kier molecular flexibility index (Phi) is 5.13. The zero-order valence-corrected chi connectivity index (χ0v) is 13.1. The lowest BCUT2D eigenvalue weighted by molar-refractivity contribution is 0.0701. The van der Waals surface area contributed by atoms with Gasteiger partial charge in [0.25, 0.3) is 0 Å². The normalized spacial score (nSPS) is 16.6. The number of carboxylic acid groups (broad SMARTS) is 1. The van der Waals surface area contributed by atoms with Crippen molar-refractivity contribution in [2.24, 2.45) is 0 Å².